The molecule has 0 fully saturated rings. The largest absolute Gasteiger partial charge is 0.481 e. The molecular weight excluding hydrogens is 460 g/mol. The predicted molar refractivity (Wildman–Crippen MR) is 128 cm³/mol. The lowest BCUT2D eigenvalue weighted by Crippen LogP contribution is -2.44. The summed E-state index contributed by atoms with van der Waals surface area (Å²) in [7, 11) is 0. The van der Waals surface area contributed by atoms with Crippen molar-refractivity contribution in [2.75, 3.05) is 39.3 Å². The minimum absolute atomic E-state index is 0.206. The van der Waals surface area contributed by atoms with Crippen LogP contribution in [-0.2, 0) is 28.8 Å². The Balaban J connectivity index is 3.36. The lowest BCUT2D eigenvalue weighted by Gasteiger charge is -2.06. The third-order valence-corrected chi connectivity index (χ3v) is 5.08. The first-order valence-electron chi connectivity index (χ1n) is 12.3. The number of amides is 2. The van der Waals surface area contributed by atoms with Gasteiger partial charge in [0.2, 0.25) is 5.91 Å². The molecule has 0 rings (SSSR count). The van der Waals surface area contributed by atoms with E-state index in [0.29, 0.717) is 13.0 Å². The number of carboxylic acid groups (broad SMARTS) is 2. The summed E-state index contributed by atoms with van der Waals surface area (Å²) in [5.74, 6) is -8.81. The van der Waals surface area contributed by atoms with Crippen LogP contribution in [0.3, 0.4) is 0 Å². The molecule has 0 aromatic heterocycles. The van der Waals surface area contributed by atoms with Crippen molar-refractivity contribution in [3.8, 4) is 0 Å². The molecule has 0 bridgehead atoms. The molecule has 200 valence electrons. The van der Waals surface area contributed by atoms with Crippen LogP contribution < -0.4 is 21.3 Å². The van der Waals surface area contributed by atoms with Gasteiger partial charge in [0.25, 0.3) is 5.78 Å². The fourth-order valence-corrected chi connectivity index (χ4v) is 3.16. The molecule has 0 aromatic carbocycles. The summed E-state index contributed by atoms with van der Waals surface area (Å²) in [4.78, 5) is 65.6. The van der Waals surface area contributed by atoms with Crippen LogP contribution >= 0.6 is 0 Å². The Morgan fingerprint density at radius 2 is 0.971 bits per heavy atom. The van der Waals surface area contributed by atoms with Crippen molar-refractivity contribution < 1.29 is 39.0 Å². The van der Waals surface area contributed by atoms with E-state index in [4.69, 9.17) is 10.2 Å². The van der Waals surface area contributed by atoms with Crippen molar-refractivity contribution in [1.29, 1.82) is 0 Å². The number of hydrogen-bond acceptors (Lipinski definition) is 9. The molecule has 12 heteroatoms. The summed E-state index contributed by atoms with van der Waals surface area (Å²) in [6, 6.07) is 0. The van der Waals surface area contributed by atoms with Gasteiger partial charge in [0.1, 0.15) is 0 Å². The SMILES string of the molecule is O=C(O)CCCNCCNCCCCCCCCCCCNCC(=O)NC(=O)C(=O)C(=O)C(=O)O. The van der Waals surface area contributed by atoms with Gasteiger partial charge in [-0.15, -0.1) is 0 Å². The lowest BCUT2D eigenvalue weighted by molar-refractivity contribution is -0.155. The second kappa shape index (κ2) is 21.8. The van der Waals surface area contributed by atoms with E-state index < -0.39 is 35.3 Å². The Hall–Kier alpha value is -2.70. The molecule has 35 heavy (non-hydrogen) atoms. The van der Waals surface area contributed by atoms with Crippen molar-refractivity contribution >= 4 is 35.3 Å². The number of Topliss-reactive ketones (excluding diaryl/α,β-unsaturated/α-hetero) is 2. The van der Waals surface area contributed by atoms with Gasteiger partial charge in [0.15, 0.2) is 0 Å². The maximum atomic E-state index is 11.5. The van der Waals surface area contributed by atoms with Gasteiger partial charge < -0.3 is 26.2 Å². The van der Waals surface area contributed by atoms with Crippen LogP contribution in [-0.4, -0.2) is 84.8 Å². The molecule has 0 heterocycles. The molecule has 6 N–H and O–H groups in total. The van der Waals surface area contributed by atoms with E-state index in [1.54, 1.807) is 5.32 Å². The van der Waals surface area contributed by atoms with Crippen LogP contribution in [0.1, 0.15) is 70.6 Å². The second-order valence-electron chi connectivity index (χ2n) is 8.20. The van der Waals surface area contributed by atoms with E-state index >= 15 is 0 Å². The monoisotopic (exact) mass is 500 g/mol. The van der Waals surface area contributed by atoms with E-state index in [1.165, 1.54) is 25.7 Å². The molecule has 0 aromatic rings. The Morgan fingerprint density at radius 1 is 0.514 bits per heavy atom. The molecule has 0 spiro atoms. The predicted octanol–water partition coefficient (Wildman–Crippen LogP) is -0.00350. The molecular formula is C23H40N4O8. The topological polar surface area (TPSA) is 191 Å². The number of ketones is 2. The summed E-state index contributed by atoms with van der Waals surface area (Å²) in [6.45, 7) is 3.81. The van der Waals surface area contributed by atoms with Crippen LogP contribution in [0, 0.1) is 0 Å². The van der Waals surface area contributed by atoms with E-state index in [-0.39, 0.29) is 13.0 Å². The number of nitrogens with one attached hydrogen (secondary N) is 4. The molecule has 0 aliphatic rings. The van der Waals surface area contributed by atoms with Crippen molar-refractivity contribution in [2.45, 2.75) is 70.6 Å². The van der Waals surface area contributed by atoms with Crippen molar-refractivity contribution in [3.05, 3.63) is 0 Å². The summed E-state index contributed by atoms with van der Waals surface area (Å²) in [5, 5.41) is 28.0. The molecule has 0 aliphatic heterocycles. The highest BCUT2D eigenvalue weighted by atomic mass is 16.4. The lowest BCUT2D eigenvalue weighted by atomic mass is 10.1. The van der Waals surface area contributed by atoms with E-state index in [9.17, 15) is 28.8 Å². The number of carbonyl (C=O) groups excluding carboxylic acids is 4. The minimum atomic E-state index is -2.04. The zero-order valence-corrected chi connectivity index (χ0v) is 20.4. The summed E-state index contributed by atoms with van der Waals surface area (Å²) in [5.41, 5.74) is 0. The molecule has 0 aliphatic carbocycles. The average Bonchev–Trinajstić information content (AvgIpc) is 2.81. The van der Waals surface area contributed by atoms with Gasteiger partial charge in [-0.25, -0.2) is 4.79 Å². The van der Waals surface area contributed by atoms with Gasteiger partial charge in [-0.1, -0.05) is 44.9 Å². The van der Waals surface area contributed by atoms with Crippen LogP contribution in [0.5, 0.6) is 0 Å². The van der Waals surface area contributed by atoms with Crippen molar-refractivity contribution in [2.24, 2.45) is 0 Å². The van der Waals surface area contributed by atoms with Gasteiger partial charge in [0, 0.05) is 19.5 Å². The van der Waals surface area contributed by atoms with Gasteiger partial charge in [-0.05, 0) is 38.9 Å². The van der Waals surface area contributed by atoms with Crippen LogP contribution in [0.15, 0.2) is 0 Å². The number of rotatable bonds is 24. The number of carboxylic acids is 2. The van der Waals surface area contributed by atoms with Crippen molar-refractivity contribution in [1.82, 2.24) is 21.3 Å². The van der Waals surface area contributed by atoms with E-state index in [1.807, 2.05) is 0 Å². The summed E-state index contributed by atoms with van der Waals surface area (Å²) in [6.07, 6.45) is 10.9. The van der Waals surface area contributed by atoms with Crippen LogP contribution in [0.25, 0.3) is 0 Å². The maximum Gasteiger partial charge on any atom is 0.381 e. The minimum Gasteiger partial charge on any atom is -0.481 e. The first kappa shape index (κ1) is 32.3. The highest BCUT2D eigenvalue weighted by Crippen LogP contribution is 2.09. The van der Waals surface area contributed by atoms with Gasteiger partial charge in [-0.2, -0.15) is 0 Å². The Kier molecular flexibility index (Phi) is 20.1. The zero-order chi connectivity index (χ0) is 26.3. The Labute approximate surface area is 206 Å². The van der Waals surface area contributed by atoms with Gasteiger partial charge in [-0.3, -0.25) is 29.3 Å². The first-order chi connectivity index (χ1) is 16.8. The zero-order valence-electron chi connectivity index (χ0n) is 20.4. The fourth-order valence-electron chi connectivity index (χ4n) is 3.16. The molecule has 0 saturated carbocycles. The third-order valence-electron chi connectivity index (χ3n) is 5.08. The molecule has 12 nitrogen and oxygen atoms in total. The number of carbonyl (C=O) groups is 6. The van der Waals surface area contributed by atoms with E-state index in [2.05, 4.69) is 16.0 Å². The number of imide groups is 1. The number of unbranched alkanes of at least 4 members (excludes halogenated alkanes) is 8. The molecule has 0 radical (unpaired) electrons. The highest BCUT2D eigenvalue weighted by Gasteiger charge is 2.29. The average molecular weight is 501 g/mol. The molecule has 0 saturated heterocycles. The normalized spacial score (nSPS) is 10.6. The fraction of sp³-hybridized carbons (Fsp3) is 0.739. The third kappa shape index (κ3) is 20.4. The van der Waals surface area contributed by atoms with Crippen LogP contribution in [0.4, 0.5) is 0 Å². The van der Waals surface area contributed by atoms with E-state index in [0.717, 1.165) is 58.3 Å². The summed E-state index contributed by atoms with van der Waals surface area (Å²) >= 11 is 0. The number of hydrogen-bond donors (Lipinski definition) is 6. The molecule has 0 unspecified atom stereocenters. The Bertz CT molecular complexity index is 684. The van der Waals surface area contributed by atoms with Crippen LogP contribution in [0.2, 0.25) is 0 Å². The number of aliphatic carboxylic acids is 2. The molecule has 0 atom stereocenters. The quantitative estimate of drug-likeness (QED) is 0.0594. The smallest absolute Gasteiger partial charge is 0.381 e. The highest BCUT2D eigenvalue weighted by molar-refractivity contribution is 6.77. The molecule has 2 amide bonds. The van der Waals surface area contributed by atoms with Crippen molar-refractivity contribution in [3.63, 3.8) is 0 Å². The summed E-state index contributed by atoms with van der Waals surface area (Å²) < 4.78 is 0. The second-order valence-corrected chi connectivity index (χ2v) is 8.20. The maximum absolute atomic E-state index is 11.5. The van der Waals surface area contributed by atoms with Gasteiger partial charge >= 0.3 is 23.6 Å². The standard InChI is InChI=1S/C23H40N4O8/c28-18(27-22(33)20(31)21(32)23(34)35)17-26-13-9-7-5-3-1-2-4-6-8-12-24-15-16-25-14-10-11-19(29)30/h24-26H,1-17H2,(H,29,30)(H,34,35)(H,27,28,33). The van der Waals surface area contributed by atoms with Gasteiger partial charge in [0.05, 0.1) is 6.54 Å². The Morgan fingerprint density at radius 3 is 1.46 bits per heavy atom. The first-order valence-corrected chi connectivity index (χ1v) is 12.3.